The lowest BCUT2D eigenvalue weighted by Gasteiger charge is -2.14. The molecule has 10 aromatic carbocycles. The first kappa shape index (κ1) is 74.7. The van der Waals surface area contributed by atoms with Gasteiger partial charge in [-0.3, -0.25) is 33.6 Å². The maximum absolute atomic E-state index is 14.1. The van der Waals surface area contributed by atoms with Gasteiger partial charge in [0.2, 0.25) is 27.1 Å². The van der Waals surface area contributed by atoms with Crippen LogP contribution in [0.25, 0.3) is 110 Å². The molecule has 0 saturated heterocycles. The van der Waals surface area contributed by atoms with E-state index < -0.39 is 68.8 Å². The third kappa shape index (κ3) is 15.6. The predicted octanol–water partition coefficient (Wildman–Crippen LogP) is 20.9. The summed E-state index contributed by atoms with van der Waals surface area (Å²) in [5.74, 6) is -4.14. The van der Waals surface area contributed by atoms with Gasteiger partial charge in [-0.2, -0.15) is 0 Å². The summed E-state index contributed by atoms with van der Waals surface area (Å²) in [5.41, 5.74) is 7.74. The third-order valence-corrected chi connectivity index (χ3v) is 17.2. The maximum Gasteiger partial charge on any atom is 0.204 e. The molecule has 5 aromatic heterocycles. The van der Waals surface area contributed by atoms with Crippen molar-refractivity contribution < 1.29 is 62.4 Å². The van der Waals surface area contributed by atoms with Crippen LogP contribution in [0.1, 0.15) is 83.4 Å². The van der Waals surface area contributed by atoms with Crippen LogP contribution in [0.4, 0.5) is 30.7 Å². The van der Waals surface area contributed by atoms with E-state index in [1.54, 1.807) is 67.6 Å². The Morgan fingerprint density at radius 1 is 0.358 bits per heavy atom. The molecule has 2 N–H and O–H groups in total. The summed E-state index contributed by atoms with van der Waals surface area (Å²) in [6, 6.07) is 58.2. The molecular formula is C85H59BrF7NO12. The number of carbonyl (C=O) groups excluding carboxylic acids is 2. The molecule has 2 atom stereocenters. The van der Waals surface area contributed by atoms with Gasteiger partial charge in [0.05, 0.1) is 38.7 Å². The molecule has 532 valence electrons. The molecule has 0 fully saturated rings. The van der Waals surface area contributed by atoms with E-state index in [9.17, 15) is 64.3 Å². The predicted molar refractivity (Wildman–Crippen MR) is 399 cm³/mol. The van der Waals surface area contributed by atoms with Gasteiger partial charge in [0.1, 0.15) is 113 Å². The van der Waals surface area contributed by atoms with Crippen LogP contribution in [0.5, 0.6) is 0 Å². The van der Waals surface area contributed by atoms with Crippen molar-refractivity contribution in [1.29, 1.82) is 0 Å². The normalized spacial score (nSPS) is 11.5. The lowest BCUT2D eigenvalue weighted by atomic mass is 9.98. The van der Waals surface area contributed by atoms with Crippen LogP contribution in [0, 0.1) is 47.6 Å². The number of halogens is 8. The molecule has 0 bridgehead atoms. The highest BCUT2D eigenvalue weighted by atomic mass is 79.9. The molecule has 0 aliphatic carbocycles. The zero-order valence-electron chi connectivity index (χ0n) is 56.8. The first-order chi connectivity index (χ1) is 50.9. The van der Waals surface area contributed by atoms with Crippen molar-refractivity contribution in [3.8, 4) is 55.6 Å². The van der Waals surface area contributed by atoms with E-state index in [1.807, 2.05) is 62.4 Å². The summed E-state index contributed by atoms with van der Waals surface area (Å²) >= 11 is 3.44. The fourth-order valence-electron chi connectivity index (χ4n) is 11.9. The van der Waals surface area contributed by atoms with Crippen molar-refractivity contribution in [2.45, 2.75) is 51.9 Å². The molecule has 15 aromatic rings. The quantitative estimate of drug-likeness (QED) is 0.0768. The largest absolute Gasteiger partial charge is 0.460 e. The van der Waals surface area contributed by atoms with Crippen LogP contribution in [-0.4, -0.2) is 11.6 Å². The number of carbonyl (C=O) groups is 2. The number of ketones is 2. The molecule has 106 heavy (non-hydrogen) atoms. The topological polar surface area (TPSA) is 211 Å². The first-order valence-electron chi connectivity index (χ1n) is 32.7. The highest BCUT2D eigenvalue weighted by Gasteiger charge is 2.26. The van der Waals surface area contributed by atoms with Crippen molar-refractivity contribution in [2.24, 2.45) is 5.73 Å². The number of Topliss-reactive ketones (excluding diaryl/α,β-unsaturated/α-hetero) is 2. The van der Waals surface area contributed by atoms with Crippen molar-refractivity contribution in [2.75, 3.05) is 0 Å². The van der Waals surface area contributed by atoms with Gasteiger partial charge in [-0.05, 0) is 133 Å². The van der Waals surface area contributed by atoms with Crippen molar-refractivity contribution in [3.05, 3.63) is 351 Å². The van der Waals surface area contributed by atoms with Crippen LogP contribution in [0.2, 0.25) is 0 Å². The van der Waals surface area contributed by atoms with Gasteiger partial charge in [-0.1, -0.05) is 168 Å². The molecule has 0 amide bonds. The second kappa shape index (κ2) is 32.5. The van der Waals surface area contributed by atoms with E-state index in [0.717, 1.165) is 17.7 Å². The van der Waals surface area contributed by atoms with Crippen LogP contribution in [0.15, 0.2) is 277 Å². The SMILES string of the molecule is CC(=O)c1oc2cccc(F)c2c(=O)c1-c1cccc(F)c1.CC(=O)c1oc2cccc(F)c2c(=O)c1-c1ccccc1.CC(Br)c1oc2cccc(F)c2c(=O)c1-c1ccccc1.CCC(N)c1oc2cccc(F)c2c(=O)c1-c1ccccc1.Cc1oc2cccc(F)c2c(=O)c1-c1cccc(F)c1. The number of nitrogens with two attached hydrogens (primary N) is 1. The summed E-state index contributed by atoms with van der Waals surface area (Å²) in [6.45, 7) is 7.93. The Kier molecular flexibility index (Phi) is 22.9. The standard InChI is InChI=1S/C18H16FNO2.C17H12BrFO2.C17H10F2O3.C17H11FO3.C16H10F2O2/c1-2-13(20)18-15(11-7-4-3-5-8-11)17(21)16-12(19)9-6-10-14(16)22-18;1-10(18)17-14(11-6-3-2-4-7-11)16(20)15-12(19)8-5-9-13(15)21-17;1-9(20)17-14(10-4-2-5-11(18)8-10)16(21)15-12(19)6-3-7-13(15)22-17;1-10(19)17-14(11-6-3-2-4-7-11)16(20)15-12(18)8-5-9-13(15)21-17;1-9-14(10-4-2-5-11(17)8-10)16(19)15-12(18)6-3-7-13(15)20-9/h3-10,13H,2,20H2,1H3;2-10H,1H3;2-8H,1H3;2-9H,1H3;2-8H,1H3. The Bertz CT molecular complexity index is 6200. The Hall–Kier alpha value is -12.5. The van der Waals surface area contributed by atoms with E-state index in [1.165, 1.54) is 123 Å². The van der Waals surface area contributed by atoms with Crippen LogP contribution >= 0.6 is 15.9 Å². The molecule has 0 saturated carbocycles. The summed E-state index contributed by atoms with van der Waals surface area (Å²) in [6.07, 6.45) is 0.615. The van der Waals surface area contributed by atoms with Gasteiger partial charge in [0.15, 0.2) is 23.1 Å². The van der Waals surface area contributed by atoms with Gasteiger partial charge in [-0.15, -0.1) is 0 Å². The fraction of sp³-hybridized carbons (Fsp3) is 0.0941. The van der Waals surface area contributed by atoms with E-state index in [-0.39, 0.29) is 110 Å². The van der Waals surface area contributed by atoms with E-state index in [4.69, 9.17) is 27.8 Å². The lowest BCUT2D eigenvalue weighted by Crippen LogP contribution is -2.17. The number of benzene rings is 10. The molecule has 15 rings (SSSR count). The number of alkyl halides is 1. The molecule has 5 heterocycles. The third-order valence-electron chi connectivity index (χ3n) is 16.8. The number of hydrogen-bond acceptors (Lipinski definition) is 13. The molecule has 0 aliphatic heterocycles. The van der Waals surface area contributed by atoms with Gasteiger partial charge >= 0.3 is 0 Å². The van der Waals surface area contributed by atoms with E-state index in [2.05, 4.69) is 15.9 Å². The summed E-state index contributed by atoms with van der Waals surface area (Å²) in [7, 11) is 0. The minimum Gasteiger partial charge on any atom is -0.460 e. The Morgan fingerprint density at radius 2 is 0.632 bits per heavy atom. The van der Waals surface area contributed by atoms with Gasteiger partial charge in [-0.25, -0.2) is 30.7 Å². The van der Waals surface area contributed by atoms with Crippen molar-refractivity contribution >= 4 is 82.3 Å². The van der Waals surface area contributed by atoms with Crippen LogP contribution in [-0.2, 0) is 0 Å². The Morgan fingerprint density at radius 3 is 0.972 bits per heavy atom. The molecule has 13 nitrogen and oxygen atoms in total. The number of hydrogen-bond donors (Lipinski definition) is 1. The molecule has 0 spiro atoms. The van der Waals surface area contributed by atoms with Crippen molar-refractivity contribution in [1.82, 2.24) is 0 Å². The highest BCUT2D eigenvalue weighted by molar-refractivity contribution is 9.09. The zero-order valence-corrected chi connectivity index (χ0v) is 58.4. The summed E-state index contributed by atoms with van der Waals surface area (Å²) in [4.78, 5) is 86.7. The van der Waals surface area contributed by atoms with E-state index in [0.29, 0.717) is 51.5 Å². The highest BCUT2D eigenvalue weighted by Crippen LogP contribution is 2.36. The molecular weight excluding hydrogens is 1440 g/mol. The summed E-state index contributed by atoms with van der Waals surface area (Å²) < 4.78 is 124. The number of fused-ring (bicyclic) bond motifs is 5. The van der Waals surface area contributed by atoms with E-state index >= 15 is 0 Å². The Labute approximate surface area is 606 Å². The lowest BCUT2D eigenvalue weighted by molar-refractivity contribution is 0.0981. The zero-order chi connectivity index (χ0) is 75.8. The molecule has 0 radical (unpaired) electrons. The Balaban J connectivity index is 0.000000132. The minimum absolute atomic E-state index is 0.00625. The first-order valence-corrected chi connectivity index (χ1v) is 33.6. The average molecular weight is 1500 g/mol. The second-order valence-electron chi connectivity index (χ2n) is 23.9. The van der Waals surface area contributed by atoms with Gasteiger partial charge in [0.25, 0.3) is 0 Å². The average Bonchev–Trinajstić information content (AvgIpc) is 0.785. The minimum atomic E-state index is -0.751. The maximum atomic E-state index is 14.1. The molecule has 2 unspecified atom stereocenters. The molecule has 0 aliphatic rings. The number of aryl methyl sites for hydroxylation is 1. The van der Waals surface area contributed by atoms with Crippen LogP contribution < -0.4 is 32.9 Å². The number of rotatable bonds is 10. The van der Waals surface area contributed by atoms with Gasteiger partial charge in [0, 0.05) is 13.8 Å². The van der Waals surface area contributed by atoms with Gasteiger partial charge < -0.3 is 27.8 Å². The fourth-order valence-corrected chi connectivity index (χ4v) is 12.2. The summed E-state index contributed by atoms with van der Waals surface area (Å²) in [5, 5.41) is -0.549. The smallest absolute Gasteiger partial charge is 0.204 e. The molecule has 21 heteroatoms. The second-order valence-corrected chi connectivity index (χ2v) is 25.3. The van der Waals surface area contributed by atoms with Crippen LogP contribution in [0.3, 0.4) is 0 Å². The monoisotopic (exact) mass is 1500 g/mol. The van der Waals surface area contributed by atoms with Crippen molar-refractivity contribution in [3.63, 3.8) is 0 Å².